The Bertz CT molecular complexity index is 1490. The van der Waals surface area contributed by atoms with Gasteiger partial charge in [-0.25, -0.2) is 9.97 Å². The predicted octanol–water partition coefficient (Wildman–Crippen LogP) is 5.01. The molecule has 0 spiro atoms. The largest absolute Gasteiger partial charge is 0.493 e. The molecule has 1 aliphatic heterocycles. The minimum atomic E-state index is 0.604. The molecule has 6 rings (SSSR count). The maximum absolute atomic E-state index is 6.12. The molecule has 0 amide bonds. The van der Waals surface area contributed by atoms with Crippen molar-refractivity contribution in [1.82, 2.24) is 24.8 Å². The van der Waals surface area contributed by atoms with Crippen LogP contribution in [0.1, 0.15) is 6.42 Å². The molecule has 2 N–H and O–H groups in total. The molecule has 0 unspecified atom stereocenters. The quantitative estimate of drug-likeness (QED) is 0.275. The summed E-state index contributed by atoms with van der Waals surface area (Å²) in [5.74, 6) is 2.79. The number of ether oxygens (including phenoxy) is 4. The van der Waals surface area contributed by atoms with Crippen molar-refractivity contribution in [1.29, 1.82) is 0 Å². The van der Waals surface area contributed by atoms with Gasteiger partial charge in [0.25, 0.3) is 0 Å². The monoisotopic (exact) mass is 499 g/mol. The number of nitrogens with one attached hydrogen (secondary N) is 2. The van der Waals surface area contributed by atoms with Crippen molar-refractivity contribution < 1.29 is 18.9 Å². The summed E-state index contributed by atoms with van der Waals surface area (Å²) >= 11 is 0. The van der Waals surface area contributed by atoms with Crippen LogP contribution in [-0.4, -0.2) is 71.4 Å². The lowest BCUT2D eigenvalue weighted by Gasteiger charge is -2.26. The molecule has 4 heterocycles. The fraction of sp³-hybridized carbons (Fsp3) is 0.286. The fourth-order valence-electron chi connectivity index (χ4n) is 4.72. The highest BCUT2D eigenvalue weighted by Crippen LogP contribution is 2.38. The Morgan fingerprint density at radius 3 is 2.76 bits per heavy atom. The van der Waals surface area contributed by atoms with Crippen molar-refractivity contribution in [2.24, 2.45) is 0 Å². The number of methoxy groups -OCH3 is 1. The molecule has 9 nitrogen and oxygen atoms in total. The third-order valence-corrected chi connectivity index (χ3v) is 6.61. The minimum absolute atomic E-state index is 0.604. The Labute approximate surface area is 214 Å². The van der Waals surface area contributed by atoms with Crippen LogP contribution in [0.15, 0.2) is 61.2 Å². The van der Waals surface area contributed by atoms with E-state index in [0.717, 1.165) is 78.1 Å². The van der Waals surface area contributed by atoms with Crippen LogP contribution in [0.25, 0.3) is 33.1 Å². The molecular weight excluding hydrogens is 470 g/mol. The maximum atomic E-state index is 6.12. The van der Waals surface area contributed by atoms with E-state index in [-0.39, 0.29) is 0 Å². The van der Waals surface area contributed by atoms with Crippen LogP contribution in [0.2, 0.25) is 0 Å². The summed E-state index contributed by atoms with van der Waals surface area (Å²) in [5, 5.41) is 1.94. The molecule has 0 atom stereocenters. The van der Waals surface area contributed by atoms with Crippen molar-refractivity contribution in [2.75, 3.05) is 46.6 Å². The van der Waals surface area contributed by atoms with Crippen LogP contribution in [-0.2, 0) is 4.74 Å². The Balaban J connectivity index is 1.24. The number of nitrogens with zero attached hydrogens (tertiary/aromatic N) is 3. The first-order valence-corrected chi connectivity index (χ1v) is 12.5. The molecular formula is C28H29N5O4. The van der Waals surface area contributed by atoms with Crippen molar-refractivity contribution in [3.8, 4) is 34.4 Å². The van der Waals surface area contributed by atoms with E-state index in [4.69, 9.17) is 18.9 Å². The maximum Gasteiger partial charge on any atom is 0.197 e. The lowest BCUT2D eigenvalue weighted by Crippen LogP contribution is -2.37. The number of hydrogen-bond acceptors (Lipinski definition) is 7. The van der Waals surface area contributed by atoms with Gasteiger partial charge >= 0.3 is 0 Å². The zero-order chi connectivity index (χ0) is 25.0. The normalized spacial score (nSPS) is 14.3. The summed E-state index contributed by atoms with van der Waals surface area (Å²) < 4.78 is 23.1. The third-order valence-electron chi connectivity index (χ3n) is 6.61. The zero-order valence-corrected chi connectivity index (χ0v) is 20.7. The summed E-state index contributed by atoms with van der Waals surface area (Å²) in [4.78, 5) is 18.0. The molecule has 0 saturated carbocycles. The van der Waals surface area contributed by atoms with E-state index in [1.165, 1.54) is 0 Å². The lowest BCUT2D eigenvalue weighted by molar-refractivity contribution is 0.0357. The molecule has 0 aliphatic carbocycles. The van der Waals surface area contributed by atoms with Gasteiger partial charge in [-0.05, 0) is 30.7 Å². The summed E-state index contributed by atoms with van der Waals surface area (Å²) in [6.07, 6.45) is 6.32. The van der Waals surface area contributed by atoms with Gasteiger partial charge in [0.1, 0.15) is 12.1 Å². The van der Waals surface area contributed by atoms with E-state index in [9.17, 15) is 0 Å². The zero-order valence-electron chi connectivity index (χ0n) is 20.7. The molecule has 0 bridgehead atoms. The van der Waals surface area contributed by atoms with Crippen LogP contribution in [0.3, 0.4) is 0 Å². The summed E-state index contributed by atoms with van der Waals surface area (Å²) in [6.45, 7) is 5.17. The highest BCUT2D eigenvalue weighted by molar-refractivity contribution is 6.03. The van der Waals surface area contributed by atoms with Crippen molar-refractivity contribution in [2.45, 2.75) is 6.42 Å². The summed E-state index contributed by atoms with van der Waals surface area (Å²) in [6, 6.07) is 13.6. The Hall–Kier alpha value is -4.08. The van der Waals surface area contributed by atoms with E-state index in [1.807, 2.05) is 54.9 Å². The van der Waals surface area contributed by atoms with Gasteiger partial charge in [-0.1, -0.05) is 0 Å². The molecule has 37 heavy (non-hydrogen) atoms. The summed E-state index contributed by atoms with van der Waals surface area (Å²) in [7, 11) is 1.66. The predicted molar refractivity (Wildman–Crippen MR) is 142 cm³/mol. The van der Waals surface area contributed by atoms with Gasteiger partial charge in [0.15, 0.2) is 17.4 Å². The lowest BCUT2D eigenvalue weighted by atomic mass is 10.0. The Morgan fingerprint density at radius 1 is 1.00 bits per heavy atom. The SMILES string of the molecule is COc1cc2c(-c3c[nH]c4cc(Oc5ccc[nH]5)ccc34)ncnc2cc1OCCCN1CCOCC1. The molecule has 0 radical (unpaired) electrons. The van der Waals surface area contributed by atoms with Crippen LogP contribution >= 0.6 is 0 Å². The molecule has 9 heteroatoms. The number of benzene rings is 2. The first-order valence-electron chi connectivity index (χ1n) is 12.5. The van der Waals surface area contributed by atoms with Crippen LogP contribution in [0.4, 0.5) is 0 Å². The van der Waals surface area contributed by atoms with Gasteiger partial charge in [-0.3, -0.25) is 4.90 Å². The van der Waals surface area contributed by atoms with E-state index < -0.39 is 0 Å². The van der Waals surface area contributed by atoms with Crippen molar-refractivity contribution >= 4 is 21.8 Å². The summed E-state index contributed by atoms with van der Waals surface area (Å²) in [5.41, 5.74) is 3.56. The number of morpholine rings is 1. The molecule has 1 fully saturated rings. The second-order valence-corrected chi connectivity index (χ2v) is 8.94. The fourth-order valence-corrected chi connectivity index (χ4v) is 4.72. The highest BCUT2D eigenvalue weighted by Gasteiger charge is 2.16. The number of hydrogen-bond donors (Lipinski definition) is 2. The smallest absolute Gasteiger partial charge is 0.197 e. The minimum Gasteiger partial charge on any atom is -0.493 e. The third kappa shape index (κ3) is 4.96. The topological polar surface area (TPSA) is 97.5 Å². The number of fused-ring (bicyclic) bond motifs is 2. The Morgan fingerprint density at radius 2 is 1.92 bits per heavy atom. The molecule has 2 aromatic carbocycles. The van der Waals surface area contributed by atoms with E-state index in [0.29, 0.717) is 24.0 Å². The highest BCUT2D eigenvalue weighted by atomic mass is 16.5. The van der Waals surface area contributed by atoms with Crippen molar-refractivity contribution in [3.05, 3.63) is 61.2 Å². The van der Waals surface area contributed by atoms with E-state index >= 15 is 0 Å². The molecule has 5 aromatic rings. The average molecular weight is 500 g/mol. The second kappa shape index (κ2) is 10.5. The first-order chi connectivity index (χ1) is 18.3. The van der Waals surface area contributed by atoms with Crippen LogP contribution in [0, 0.1) is 0 Å². The number of aromatic nitrogens is 4. The van der Waals surface area contributed by atoms with Crippen LogP contribution in [0.5, 0.6) is 23.1 Å². The van der Waals surface area contributed by atoms with Crippen LogP contribution < -0.4 is 14.2 Å². The number of rotatable bonds is 9. The van der Waals surface area contributed by atoms with Gasteiger partial charge in [-0.15, -0.1) is 0 Å². The van der Waals surface area contributed by atoms with Gasteiger partial charge in [0.2, 0.25) is 0 Å². The molecule has 190 valence electrons. The van der Waals surface area contributed by atoms with Gasteiger partial charge in [-0.2, -0.15) is 0 Å². The number of H-pyrrole nitrogens is 2. The Kier molecular flexibility index (Phi) is 6.62. The number of aromatic amines is 2. The van der Waals surface area contributed by atoms with E-state index in [2.05, 4.69) is 24.8 Å². The van der Waals surface area contributed by atoms with Gasteiger partial charge < -0.3 is 28.9 Å². The van der Waals surface area contributed by atoms with Crippen molar-refractivity contribution in [3.63, 3.8) is 0 Å². The van der Waals surface area contributed by atoms with Gasteiger partial charge in [0, 0.05) is 72.1 Å². The molecule has 1 aliphatic rings. The molecule has 3 aromatic heterocycles. The standard InChI is InChI=1S/C28H29N5O4/c1-34-25-15-21-24(16-26(25)36-11-3-8-33-9-12-35-13-10-33)31-18-32-28(21)22-17-30-23-14-19(5-6-20(22)23)37-27-4-2-7-29-27/h2,4-7,14-18,29-30H,3,8-13H2,1H3. The second-order valence-electron chi connectivity index (χ2n) is 8.94. The van der Waals surface area contributed by atoms with Gasteiger partial charge in [0.05, 0.1) is 38.1 Å². The average Bonchev–Trinajstić information content (AvgIpc) is 3.60. The molecule has 1 saturated heterocycles. The van der Waals surface area contributed by atoms with E-state index in [1.54, 1.807) is 13.4 Å². The first kappa shape index (κ1) is 23.3.